The lowest BCUT2D eigenvalue weighted by Gasteiger charge is -2.36. The molecule has 12 amide bonds. The van der Waals surface area contributed by atoms with Crippen LogP contribution in [-0.4, -0.2) is 143 Å². The maximum atomic E-state index is 13.6. The van der Waals surface area contributed by atoms with Gasteiger partial charge in [0.05, 0.1) is 5.60 Å². The summed E-state index contributed by atoms with van der Waals surface area (Å²) in [4.78, 5) is 104. The van der Waals surface area contributed by atoms with Gasteiger partial charge in [0.2, 0.25) is 5.91 Å². The molecule has 0 saturated carbocycles. The van der Waals surface area contributed by atoms with Crippen LogP contribution in [0.25, 0.3) is 0 Å². The predicted molar refractivity (Wildman–Crippen MR) is 166 cm³/mol. The smallest absolute Gasteiger partial charge is 0.333 e. The molecule has 0 rings (SSSR count). The van der Waals surface area contributed by atoms with E-state index in [0.29, 0.717) is 22.0 Å². The van der Waals surface area contributed by atoms with Crippen molar-refractivity contribution in [1.29, 1.82) is 0 Å². The maximum Gasteiger partial charge on any atom is 0.333 e. The number of amides is 12. The van der Waals surface area contributed by atoms with Crippen LogP contribution in [-0.2, 0) is 19.2 Å². The summed E-state index contributed by atoms with van der Waals surface area (Å²) in [5.41, 5.74) is 4.11. The quantitative estimate of drug-likeness (QED) is 0.131. The van der Waals surface area contributed by atoms with Gasteiger partial charge < -0.3 is 31.3 Å². The Balaban J connectivity index is 5.73. The molecule has 0 fully saturated rings. The van der Waals surface area contributed by atoms with E-state index in [2.05, 4.69) is 10.6 Å². The van der Waals surface area contributed by atoms with Crippen molar-refractivity contribution in [2.24, 2.45) is 5.73 Å². The number of aliphatic hydroxyl groups is 1. The third-order valence-electron chi connectivity index (χ3n) is 6.25. The first kappa shape index (κ1) is 41.0. The number of likely N-dealkylation sites (N-methyl/N-ethyl adjacent to an activating group) is 3. The lowest BCUT2D eigenvalue weighted by molar-refractivity contribution is -0.145. The molecule has 45 heavy (non-hydrogen) atoms. The Morgan fingerprint density at radius 1 is 0.867 bits per heavy atom. The van der Waals surface area contributed by atoms with Crippen LogP contribution in [0.4, 0.5) is 19.2 Å². The van der Waals surface area contributed by atoms with Crippen LogP contribution in [0.3, 0.4) is 0 Å². The minimum atomic E-state index is -1.50. The van der Waals surface area contributed by atoms with Crippen LogP contribution in [0, 0.1) is 0 Å². The number of hydrogen-bond donors (Lipinski definition) is 6. The molecule has 3 atom stereocenters. The summed E-state index contributed by atoms with van der Waals surface area (Å²) in [6.45, 7) is 6.06. The minimum Gasteiger partial charge on any atom is -0.390 e. The number of rotatable bonds is 13. The lowest BCUT2D eigenvalue weighted by Crippen LogP contribution is -2.58. The van der Waals surface area contributed by atoms with Gasteiger partial charge in [0.1, 0.15) is 12.1 Å². The van der Waals surface area contributed by atoms with Crippen molar-refractivity contribution in [3.8, 4) is 0 Å². The number of nitrogens with one attached hydrogen (secondary N) is 4. The van der Waals surface area contributed by atoms with Crippen molar-refractivity contribution < 1.29 is 43.5 Å². The van der Waals surface area contributed by atoms with E-state index in [9.17, 15) is 43.5 Å². The fraction of sp³-hybridized carbons (Fsp3) is 0.692. The van der Waals surface area contributed by atoms with Gasteiger partial charge in [-0.3, -0.25) is 34.7 Å². The zero-order chi connectivity index (χ0) is 35.2. The fourth-order valence-electron chi connectivity index (χ4n) is 3.65. The fourth-order valence-corrected chi connectivity index (χ4v) is 4.66. The highest BCUT2D eigenvalue weighted by molar-refractivity contribution is 8.00. The van der Waals surface area contributed by atoms with Crippen molar-refractivity contribution in [3.63, 3.8) is 0 Å². The van der Waals surface area contributed by atoms with Gasteiger partial charge in [-0.2, -0.15) is 0 Å². The summed E-state index contributed by atoms with van der Waals surface area (Å²) in [5, 5.41) is 17.6. The Kier molecular flexibility index (Phi) is 17.1. The normalized spacial score (nSPS) is 12.9. The van der Waals surface area contributed by atoms with Gasteiger partial charge in [-0.05, 0) is 27.2 Å². The number of imide groups is 4. The molecule has 19 heteroatoms. The van der Waals surface area contributed by atoms with E-state index in [1.54, 1.807) is 0 Å². The first-order valence-electron chi connectivity index (χ1n) is 14.0. The third-order valence-corrected chi connectivity index (χ3v) is 7.56. The monoisotopic (exact) mass is 661 g/mol. The zero-order valence-electron chi connectivity index (χ0n) is 27.3. The maximum absolute atomic E-state index is 13.6. The van der Waals surface area contributed by atoms with Crippen LogP contribution in [0.5, 0.6) is 0 Å². The van der Waals surface area contributed by atoms with Crippen LogP contribution in [0.15, 0.2) is 0 Å². The van der Waals surface area contributed by atoms with Gasteiger partial charge in [0.15, 0.2) is 5.37 Å². The summed E-state index contributed by atoms with van der Waals surface area (Å²) in [7, 11) is 6.16. The van der Waals surface area contributed by atoms with Gasteiger partial charge in [-0.1, -0.05) is 6.92 Å². The van der Waals surface area contributed by atoms with Crippen molar-refractivity contribution in [3.05, 3.63) is 0 Å². The second kappa shape index (κ2) is 18.7. The highest BCUT2D eigenvalue weighted by atomic mass is 32.2. The molecule has 0 radical (unpaired) electrons. The van der Waals surface area contributed by atoms with E-state index in [4.69, 9.17) is 5.73 Å². The predicted octanol–water partition coefficient (Wildman–Crippen LogP) is -0.976. The van der Waals surface area contributed by atoms with Gasteiger partial charge in [0, 0.05) is 60.4 Å². The zero-order valence-corrected chi connectivity index (χ0v) is 28.1. The highest BCUT2D eigenvalue weighted by Crippen LogP contribution is 2.22. The largest absolute Gasteiger partial charge is 0.390 e. The Hall–Kier alpha value is -3.97. The summed E-state index contributed by atoms with van der Waals surface area (Å²) >= 11 is 1.09. The lowest BCUT2D eigenvalue weighted by atomic mass is 9.97. The molecule has 0 aliphatic rings. The van der Waals surface area contributed by atoms with Gasteiger partial charge in [-0.15, -0.1) is 11.8 Å². The van der Waals surface area contributed by atoms with Crippen LogP contribution >= 0.6 is 11.8 Å². The number of carbonyl (C=O) groups excluding carboxylic acids is 8. The second-order valence-corrected chi connectivity index (χ2v) is 11.9. The van der Waals surface area contributed by atoms with E-state index in [1.807, 2.05) is 17.6 Å². The van der Waals surface area contributed by atoms with E-state index in [1.165, 1.54) is 53.9 Å². The second-order valence-electron chi connectivity index (χ2n) is 10.7. The van der Waals surface area contributed by atoms with Crippen molar-refractivity contribution >= 4 is 59.5 Å². The number of urea groups is 4. The van der Waals surface area contributed by atoms with E-state index in [-0.39, 0.29) is 25.3 Å². The molecule has 0 aromatic heterocycles. The van der Waals surface area contributed by atoms with Crippen molar-refractivity contribution in [2.75, 3.05) is 47.5 Å². The third kappa shape index (κ3) is 13.3. The molecular weight excluding hydrogens is 614 g/mol. The average molecular weight is 662 g/mol. The van der Waals surface area contributed by atoms with Crippen molar-refractivity contribution in [1.82, 2.24) is 40.9 Å². The first-order valence-corrected chi connectivity index (χ1v) is 15.0. The standard InChI is InChI=1S/C26H47N9O9S/c1-10-11-17(36)33(7)21(45-13-12-27)20(39)32(6)16(14-26(3,4)44)18(37)30-24(42)35(9)25(43)31-22(40)29-15(2)19(38)34(8)23(41)28-5/h15-16,21,44H,10-14,27H2,1-9H3,(H,28,41)(H,30,37,42)(H2,29,31,40,43)/t15-,16-,21+/m0/s1. The molecule has 18 nitrogen and oxygen atoms in total. The Morgan fingerprint density at radius 3 is 1.91 bits per heavy atom. The minimum absolute atomic E-state index is 0.184. The number of nitrogens with two attached hydrogens (primary N) is 1. The van der Waals surface area contributed by atoms with Crippen LogP contribution < -0.4 is 27.0 Å². The van der Waals surface area contributed by atoms with Crippen molar-refractivity contribution in [2.45, 2.75) is 70.0 Å². The van der Waals surface area contributed by atoms with Gasteiger partial charge >= 0.3 is 24.1 Å². The SMILES string of the molecule is CCCC(=O)N(C)[C@H](SCCN)C(=O)N(C)[C@@H](CC(C)(C)O)C(=O)NC(=O)N(C)C(=O)NC(=O)N[C@@H](C)C(=O)N(C)C(=O)NC. The molecule has 0 unspecified atom stereocenters. The Bertz CT molecular complexity index is 1120. The Morgan fingerprint density at radius 2 is 1.42 bits per heavy atom. The molecule has 0 spiro atoms. The number of nitrogens with zero attached hydrogens (tertiary/aromatic N) is 4. The molecule has 7 N–H and O–H groups in total. The molecule has 256 valence electrons. The molecular formula is C26H47N9O9S. The van der Waals surface area contributed by atoms with Gasteiger partial charge in [-0.25, -0.2) is 24.1 Å². The summed E-state index contributed by atoms with van der Waals surface area (Å²) in [5.74, 6) is -2.49. The van der Waals surface area contributed by atoms with Gasteiger partial charge in [0.25, 0.3) is 17.7 Å². The number of hydrogen-bond acceptors (Lipinski definition) is 11. The van der Waals surface area contributed by atoms with E-state index in [0.717, 1.165) is 23.7 Å². The molecule has 0 aliphatic heterocycles. The van der Waals surface area contributed by atoms with Crippen LogP contribution in [0.2, 0.25) is 0 Å². The molecule has 0 aromatic rings. The van der Waals surface area contributed by atoms with E-state index >= 15 is 0 Å². The summed E-state index contributed by atoms with van der Waals surface area (Å²) in [6.07, 6.45) is 0.399. The summed E-state index contributed by atoms with van der Waals surface area (Å²) < 4.78 is 0. The topological polar surface area (TPSA) is 244 Å². The Labute approximate surface area is 267 Å². The number of thioether (sulfide) groups is 1. The average Bonchev–Trinajstić information content (AvgIpc) is 2.96. The molecule has 0 aliphatic carbocycles. The molecule has 0 saturated heterocycles. The first-order chi connectivity index (χ1) is 20.7. The van der Waals surface area contributed by atoms with E-state index < -0.39 is 64.9 Å². The van der Waals surface area contributed by atoms with Crippen LogP contribution in [0.1, 0.15) is 47.0 Å². The summed E-state index contributed by atoms with van der Waals surface area (Å²) in [6, 6.07) is -7.14. The number of carbonyl (C=O) groups is 8. The molecule has 0 aromatic carbocycles. The molecule has 0 bridgehead atoms. The molecule has 0 heterocycles. The highest BCUT2D eigenvalue weighted by Gasteiger charge is 2.38.